The summed E-state index contributed by atoms with van der Waals surface area (Å²) in [5.74, 6) is -0.446. The van der Waals surface area contributed by atoms with Gasteiger partial charge in [-0.05, 0) is 6.92 Å². The molecule has 0 aliphatic heterocycles. The van der Waals surface area contributed by atoms with Crippen LogP contribution in [-0.2, 0) is 4.79 Å². The van der Waals surface area contributed by atoms with Gasteiger partial charge < -0.3 is 21.7 Å². The Labute approximate surface area is 93.3 Å². The van der Waals surface area contributed by atoms with Gasteiger partial charge in [0.1, 0.15) is 0 Å². The van der Waals surface area contributed by atoms with Crippen LogP contribution in [0.25, 0.3) is 0 Å². The van der Waals surface area contributed by atoms with Gasteiger partial charge >= 0.3 is 12.1 Å². The molecule has 0 aliphatic carbocycles. The fourth-order valence-electron chi connectivity index (χ4n) is 0.850. The molecule has 0 spiro atoms. The Morgan fingerprint density at radius 1 is 1.25 bits per heavy atom. The van der Waals surface area contributed by atoms with E-state index in [2.05, 4.69) is 21.3 Å². The molecule has 0 fully saturated rings. The molecule has 1 atom stereocenters. The number of carbonyl (C=O) groups excluding carboxylic acids is 3. The zero-order valence-corrected chi connectivity index (χ0v) is 9.29. The van der Waals surface area contributed by atoms with Crippen molar-refractivity contribution in [3.05, 3.63) is 0 Å². The molecule has 0 saturated heterocycles. The van der Waals surface area contributed by atoms with Crippen molar-refractivity contribution in [2.45, 2.75) is 13.0 Å². The van der Waals surface area contributed by atoms with Crippen LogP contribution in [0, 0.1) is 0 Å². The van der Waals surface area contributed by atoms with E-state index in [4.69, 9.17) is 5.73 Å². The Bertz CT molecular complexity index is 268. The number of amides is 5. The van der Waals surface area contributed by atoms with E-state index < -0.39 is 24.0 Å². The van der Waals surface area contributed by atoms with Crippen molar-refractivity contribution in [2.24, 2.45) is 5.73 Å². The molecule has 0 rings (SSSR count). The van der Waals surface area contributed by atoms with Gasteiger partial charge in [-0.15, -0.1) is 0 Å². The van der Waals surface area contributed by atoms with E-state index in [0.717, 1.165) is 0 Å². The van der Waals surface area contributed by atoms with Gasteiger partial charge in [-0.1, -0.05) is 0 Å². The van der Waals surface area contributed by atoms with E-state index in [1.54, 1.807) is 6.92 Å². The smallest absolute Gasteiger partial charge is 0.321 e. The van der Waals surface area contributed by atoms with Gasteiger partial charge in [-0.3, -0.25) is 10.1 Å². The van der Waals surface area contributed by atoms with Crippen molar-refractivity contribution in [2.75, 3.05) is 20.1 Å². The van der Waals surface area contributed by atoms with E-state index in [-0.39, 0.29) is 0 Å². The molecular weight excluding hydrogens is 214 g/mol. The molecule has 0 aromatic rings. The molecule has 0 bridgehead atoms. The number of imide groups is 1. The first-order valence-corrected chi connectivity index (χ1v) is 4.76. The first-order chi connectivity index (χ1) is 7.47. The molecule has 6 N–H and O–H groups in total. The average molecular weight is 231 g/mol. The lowest BCUT2D eigenvalue weighted by Crippen LogP contribution is -2.48. The fourth-order valence-corrected chi connectivity index (χ4v) is 0.850. The van der Waals surface area contributed by atoms with E-state index in [9.17, 15) is 14.4 Å². The second-order valence-electron chi connectivity index (χ2n) is 3.04. The van der Waals surface area contributed by atoms with Crippen LogP contribution in [0.15, 0.2) is 0 Å². The largest absolute Gasteiger partial charge is 0.352 e. The van der Waals surface area contributed by atoms with Crippen LogP contribution < -0.4 is 27.0 Å². The van der Waals surface area contributed by atoms with E-state index in [1.807, 2.05) is 0 Å². The van der Waals surface area contributed by atoms with Gasteiger partial charge in [0.25, 0.3) is 0 Å². The van der Waals surface area contributed by atoms with Gasteiger partial charge in [0, 0.05) is 20.1 Å². The molecule has 0 aromatic heterocycles. The molecule has 0 aromatic carbocycles. The number of primary amides is 1. The maximum atomic E-state index is 11.3. The van der Waals surface area contributed by atoms with Crippen molar-refractivity contribution in [3.63, 3.8) is 0 Å². The molecule has 1 unspecified atom stereocenters. The summed E-state index contributed by atoms with van der Waals surface area (Å²) in [7, 11) is 1.41. The van der Waals surface area contributed by atoms with Crippen LogP contribution in [0.3, 0.4) is 0 Å². The zero-order chi connectivity index (χ0) is 12.6. The second kappa shape index (κ2) is 7.46. The lowest BCUT2D eigenvalue weighted by Gasteiger charge is -2.12. The predicted octanol–water partition coefficient (Wildman–Crippen LogP) is -1.91. The van der Waals surface area contributed by atoms with Crippen LogP contribution in [0.2, 0.25) is 0 Å². The van der Waals surface area contributed by atoms with Crippen molar-refractivity contribution >= 4 is 18.0 Å². The zero-order valence-electron chi connectivity index (χ0n) is 9.29. The minimum atomic E-state index is -0.621. The summed E-state index contributed by atoms with van der Waals surface area (Å²) in [6.07, 6.45) is 0. The average Bonchev–Trinajstić information content (AvgIpc) is 2.23. The number of nitrogens with two attached hydrogens (primary N) is 1. The second-order valence-corrected chi connectivity index (χ2v) is 3.04. The lowest BCUT2D eigenvalue weighted by atomic mass is 10.3. The van der Waals surface area contributed by atoms with Crippen LogP contribution in [0.4, 0.5) is 9.59 Å². The van der Waals surface area contributed by atoms with Crippen molar-refractivity contribution in [1.29, 1.82) is 0 Å². The molecule has 0 aliphatic rings. The van der Waals surface area contributed by atoms with Crippen molar-refractivity contribution in [3.8, 4) is 0 Å². The molecule has 0 radical (unpaired) electrons. The molecule has 16 heavy (non-hydrogen) atoms. The minimum absolute atomic E-state index is 0.312. The van der Waals surface area contributed by atoms with Crippen LogP contribution in [0.5, 0.6) is 0 Å². The number of nitrogens with one attached hydrogen (secondary N) is 4. The van der Waals surface area contributed by atoms with Gasteiger partial charge in [0.2, 0.25) is 5.91 Å². The van der Waals surface area contributed by atoms with Gasteiger partial charge in [-0.2, -0.15) is 0 Å². The number of hydrogen-bond acceptors (Lipinski definition) is 4. The molecule has 8 heteroatoms. The van der Waals surface area contributed by atoms with Crippen LogP contribution >= 0.6 is 0 Å². The summed E-state index contributed by atoms with van der Waals surface area (Å²) in [5.41, 5.74) is 4.84. The number of hydrogen-bond donors (Lipinski definition) is 5. The Hall–Kier alpha value is -1.83. The van der Waals surface area contributed by atoms with Crippen LogP contribution in [0.1, 0.15) is 6.92 Å². The first-order valence-electron chi connectivity index (χ1n) is 4.76. The highest BCUT2D eigenvalue weighted by Crippen LogP contribution is 1.80. The Balaban J connectivity index is 3.71. The number of carbonyl (C=O) groups is 3. The van der Waals surface area contributed by atoms with Gasteiger partial charge in [0.15, 0.2) is 0 Å². The van der Waals surface area contributed by atoms with Crippen molar-refractivity contribution in [1.82, 2.24) is 21.3 Å². The van der Waals surface area contributed by atoms with Gasteiger partial charge in [-0.25, -0.2) is 9.59 Å². The molecule has 8 nitrogen and oxygen atoms in total. The third-order valence-corrected chi connectivity index (χ3v) is 1.73. The molecule has 0 heterocycles. The number of rotatable bonds is 5. The first kappa shape index (κ1) is 14.2. The maximum absolute atomic E-state index is 11.3. The molecule has 5 amide bonds. The number of urea groups is 2. The Morgan fingerprint density at radius 3 is 2.38 bits per heavy atom. The molecule has 92 valence electrons. The highest BCUT2D eigenvalue weighted by molar-refractivity contribution is 5.96. The SMILES string of the molecule is CNC(=O)NC(=O)C(C)NCCNC(N)=O. The standard InChI is InChI=1S/C8H17N5O3/c1-5(6(14)13-8(16)10-2)11-3-4-12-7(9)15/h5,11H,3-4H2,1-2H3,(H3,9,12,15)(H2,10,13,14,16). The summed E-state index contributed by atoms with van der Waals surface area (Å²) in [6.45, 7) is 2.29. The summed E-state index contributed by atoms with van der Waals surface area (Å²) in [4.78, 5) is 32.4. The van der Waals surface area contributed by atoms with Crippen LogP contribution in [-0.4, -0.2) is 44.1 Å². The lowest BCUT2D eigenvalue weighted by molar-refractivity contribution is -0.121. The quantitative estimate of drug-likeness (QED) is 0.354. The fraction of sp³-hybridized carbons (Fsp3) is 0.625. The topological polar surface area (TPSA) is 125 Å². The minimum Gasteiger partial charge on any atom is -0.352 e. The highest BCUT2D eigenvalue weighted by atomic mass is 16.2. The van der Waals surface area contributed by atoms with Crippen molar-refractivity contribution < 1.29 is 14.4 Å². The maximum Gasteiger partial charge on any atom is 0.321 e. The third kappa shape index (κ3) is 6.60. The van der Waals surface area contributed by atoms with E-state index in [0.29, 0.717) is 13.1 Å². The highest BCUT2D eigenvalue weighted by Gasteiger charge is 2.13. The molecular formula is C8H17N5O3. The summed E-state index contributed by atoms with van der Waals surface area (Å²) < 4.78 is 0. The summed E-state index contributed by atoms with van der Waals surface area (Å²) >= 11 is 0. The monoisotopic (exact) mass is 231 g/mol. The Morgan fingerprint density at radius 2 is 1.88 bits per heavy atom. The normalized spacial score (nSPS) is 11.4. The summed E-state index contributed by atoms with van der Waals surface area (Å²) in [5, 5.41) is 9.54. The van der Waals surface area contributed by atoms with Gasteiger partial charge in [0.05, 0.1) is 6.04 Å². The van der Waals surface area contributed by atoms with E-state index >= 15 is 0 Å². The molecule has 0 saturated carbocycles. The van der Waals surface area contributed by atoms with E-state index in [1.165, 1.54) is 7.05 Å². The predicted molar refractivity (Wildman–Crippen MR) is 57.6 cm³/mol. The summed E-state index contributed by atoms with van der Waals surface area (Å²) in [6, 6.07) is -1.72. The Kier molecular flexibility index (Phi) is 6.61. The third-order valence-electron chi connectivity index (χ3n) is 1.73.